The normalized spacial score (nSPS) is 13.5. The SMILES string of the molecule is CC(C)COC(=O)Nc1nc2c(s1)CN(C(=O)c1ccccc1)CC2. The lowest BCUT2D eigenvalue weighted by Crippen LogP contribution is -2.35. The number of hydrogen-bond acceptors (Lipinski definition) is 5. The van der Waals surface area contributed by atoms with E-state index in [0.29, 0.717) is 36.8 Å². The van der Waals surface area contributed by atoms with Gasteiger partial charge in [0.15, 0.2) is 5.13 Å². The van der Waals surface area contributed by atoms with Gasteiger partial charge in [-0.05, 0) is 18.1 Å². The maximum atomic E-state index is 12.6. The molecule has 6 nitrogen and oxygen atoms in total. The lowest BCUT2D eigenvalue weighted by atomic mass is 10.1. The minimum absolute atomic E-state index is 0.0190. The molecule has 132 valence electrons. The summed E-state index contributed by atoms with van der Waals surface area (Å²) in [6, 6.07) is 9.26. The van der Waals surface area contributed by atoms with Crippen molar-refractivity contribution in [3.63, 3.8) is 0 Å². The molecule has 7 heteroatoms. The first kappa shape index (κ1) is 17.4. The second-order valence-corrected chi connectivity index (χ2v) is 7.43. The third-order valence-electron chi connectivity index (χ3n) is 3.80. The van der Waals surface area contributed by atoms with Crippen LogP contribution in [0.25, 0.3) is 0 Å². The second kappa shape index (κ2) is 7.65. The van der Waals surface area contributed by atoms with Gasteiger partial charge in [-0.2, -0.15) is 0 Å². The molecule has 0 saturated heterocycles. The van der Waals surface area contributed by atoms with Crippen LogP contribution in [0.15, 0.2) is 30.3 Å². The Kier molecular flexibility index (Phi) is 5.33. The molecule has 0 aliphatic carbocycles. The Morgan fingerprint density at radius 1 is 1.32 bits per heavy atom. The van der Waals surface area contributed by atoms with Gasteiger partial charge in [0.05, 0.1) is 18.8 Å². The summed E-state index contributed by atoms with van der Waals surface area (Å²) in [5, 5.41) is 3.19. The summed E-state index contributed by atoms with van der Waals surface area (Å²) in [6.07, 6.45) is 0.199. The Labute approximate surface area is 150 Å². The largest absolute Gasteiger partial charge is 0.449 e. The average Bonchev–Trinajstić information content (AvgIpc) is 3.01. The number of aromatic nitrogens is 1. The molecule has 0 radical (unpaired) electrons. The number of fused-ring (bicyclic) bond motifs is 1. The van der Waals surface area contributed by atoms with E-state index in [1.54, 1.807) is 0 Å². The highest BCUT2D eigenvalue weighted by atomic mass is 32.1. The number of nitrogens with zero attached hydrogens (tertiary/aromatic N) is 2. The number of thiazole rings is 1. The molecule has 0 fully saturated rings. The summed E-state index contributed by atoms with van der Waals surface area (Å²) in [5.74, 6) is 0.304. The first-order chi connectivity index (χ1) is 12.0. The van der Waals surface area contributed by atoms with Crippen molar-refractivity contribution < 1.29 is 14.3 Å². The van der Waals surface area contributed by atoms with Gasteiger partial charge in [0.2, 0.25) is 0 Å². The summed E-state index contributed by atoms with van der Waals surface area (Å²) in [5.41, 5.74) is 1.63. The van der Waals surface area contributed by atoms with E-state index in [9.17, 15) is 9.59 Å². The Hall–Kier alpha value is -2.41. The van der Waals surface area contributed by atoms with Crippen molar-refractivity contribution in [1.82, 2.24) is 9.88 Å². The van der Waals surface area contributed by atoms with Gasteiger partial charge in [-0.1, -0.05) is 43.4 Å². The minimum atomic E-state index is -0.489. The third kappa shape index (κ3) is 4.36. The molecule has 0 bridgehead atoms. The number of hydrogen-bond donors (Lipinski definition) is 1. The molecule has 2 heterocycles. The summed E-state index contributed by atoms with van der Waals surface area (Å²) in [4.78, 5) is 31.6. The van der Waals surface area contributed by atoms with Gasteiger partial charge in [0, 0.05) is 23.4 Å². The topological polar surface area (TPSA) is 71.5 Å². The van der Waals surface area contributed by atoms with Crippen LogP contribution in [0.5, 0.6) is 0 Å². The molecule has 3 rings (SSSR count). The highest BCUT2D eigenvalue weighted by Crippen LogP contribution is 2.29. The molecular formula is C18H21N3O3S. The molecule has 1 N–H and O–H groups in total. The van der Waals surface area contributed by atoms with E-state index in [1.807, 2.05) is 49.1 Å². The van der Waals surface area contributed by atoms with Gasteiger partial charge in [0.1, 0.15) is 0 Å². The molecule has 0 atom stereocenters. The predicted octanol–water partition coefficient (Wildman–Crippen LogP) is 3.55. The first-order valence-corrected chi connectivity index (χ1v) is 9.11. The lowest BCUT2D eigenvalue weighted by Gasteiger charge is -2.26. The number of ether oxygens (including phenoxy) is 1. The lowest BCUT2D eigenvalue weighted by molar-refractivity contribution is 0.0736. The Balaban J connectivity index is 1.63. The molecule has 1 aliphatic heterocycles. The summed E-state index contributed by atoms with van der Waals surface area (Å²) in [6.45, 7) is 5.48. The highest BCUT2D eigenvalue weighted by molar-refractivity contribution is 7.15. The number of rotatable bonds is 4. The molecule has 25 heavy (non-hydrogen) atoms. The Morgan fingerprint density at radius 3 is 2.80 bits per heavy atom. The van der Waals surface area contributed by atoms with Crippen molar-refractivity contribution >= 4 is 28.5 Å². The molecule has 1 aromatic heterocycles. The molecule has 2 aromatic rings. The third-order valence-corrected chi connectivity index (χ3v) is 4.79. The number of benzene rings is 1. The van der Waals surface area contributed by atoms with Crippen molar-refractivity contribution in [2.45, 2.75) is 26.8 Å². The highest BCUT2D eigenvalue weighted by Gasteiger charge is 2.25. The van der Waals surface area contributed by atoms with Crippen LogP contribution in [-0.2, 0) is 17.7 Å². The van der Waals surface area contributed by atoms with Crippen molar-refractivity contribution in [2.24, 2.45) is 5.92 Å². The van der Waals surface area contributed by atoms with Gasteiger partial charge in [0.25, 0.3) is 5.91 Å². The van der Waals surface area contributed by atoms with Crippen LogP contribution < -0.4 is 5.32 Å². The van der Waals surface area contributed by atoms with Crippen LogP contribution in [0, 0.1) is 5.92 Å². The van der Waals surface area contributed by atoms with E-state index in [0.717, 1.165) is 10.6 Å². The molecule has 0 spiro atoms. The van der Waals surface area contributed by atoms with Crippen LogP contribution in [0.1, 0.15) is 34.8 Å². The Morgan fingerprint density at radius 2 is 2.08 bits per heavy atom. The second-order valence-electron chi connectivity index (χ2n) is 6.35. The minimum Gasteiger partial charge on any atom is -0.449 e. The average molecular weight is 359 g/mol. The molecule has 0 saturated carbocycles. The molecule has 2 amide bonds. The van der Waals surface area contributed by atoms with E-state index < -0.39 is 6.09 Å². The van der Waals surface area contributed by atoms with Crippen molar-refractivity contribution in [3.05, 3.63) is 46.5 Å². The quantitative estimate of drug-likeness (QED) is 0.906. The maximum absolute atomic E-state index is 12.6. The van der Waals surface area contributed by atoms with Crippen LogP contribution in [-0.4, -0.2) is 35.0 Å². The smallest absolute Gasteiger partial charge is 0.413 e. The van der Waals surface area contributed by atoms with Gasteiger partial charge in [-0.3, -0.25) is 10.1 Å². The fourth-order valence-corrected chi connectivity index (χ4v) is 3.56. The molecular weight excluding hydrogens is 338 g/mol. The number of nitrogens with one attached hydrogen (secondary N) is 1. The summed E-state index contributed by atoms with van der Waals surface area (Å²) >= 11 is 1.40. The number of carbonyl (C=O) groups excluding carboxylic acids is 2. The fourth-order valence-electron chi connectivity index (χ4n) is 2.55. The van der Waals surface area contributed by atoms with E-state index in [4.69, 9.17) is 4.74 Å². The van der Waals surface area contributed by atoms with Crippen LogP contribution in [0.2, 0.25) is 0 Å². The van der Waals surface area contributed by atoms with Gasteiger partial charge in [-0.15, -0.1) is 0 Å². The zero-order chi connectivity index (χ0) is 17.8. The molecule has 1 aromatic carbocycles. The fraction of sp³-hybridized carbons (Fsp3) is 0.389. The summed E-state index contributed by atoms with van der Waals surface area (Å²) < 4.78 is 5.11. The molecule has 1 aliphatic rings. The predicted molar refractivity (Wildman–Crippen MR) is 96.8 cm³/mol. The van der Waals surface area contributed by atoms with Crippen LogP contribution in [0.3, 0.4) is 0 Å². The van der Waals surface area contributed by atoms with Gasteiger partial charge < -0.3 is 9.64 Å². The number of carbonyl (C=O) groups is 2. The van der Waals surface area contributed by atoms with Crippen LogP contribution in [0.4, 0.5) is 9.93 Å². The van der Waals surface area contributed by atoms with Gasteiger partial charge in [-0.25, -0.2) is 9.78 Å². The molecule has 0 unspecified atom stereocenters. The van der Waals surface area contributed by atoms with E-state index >= 15 is 0 Å². The zero-order valence-electron chi connectivity index (χ0n) is 14.3. The standard InChI is InChI=1S/C18H21N3O3S/c1-12(2)11-24-18(23)20-17-19-14-8-9-21(10-15(14)25-17)16(22)13-6-4-3-5-7-13/h3-7,12H,8-11H2,1-2H3,(H,19,20,23). The van der Waals surface area contributed by atoms with Gasteiger partial charge >= 0.3 is 6.09 Å². The number of anilines is 1. The zero-order valence-corrected chi connectivity index (χ0v) is 15.1. The van der Waals surface area contributed by atoms with E-state index in [1.165, 1.54) is 11.3 Å². The number of amides is 2. The van der Waals surface area contributed by atoms with E-state index in [-0.39, 0.29) is 11.8 Å². The van der Waals surface area contributed by atoms with Crippen molar-refractivity contribution in [2.75, 3.05) is 18.5 Å². The van der Waals surface area contributed by atoms with Crippen LogP contribution >= 0.6 is 11.3 Å². The Bertz CT molecular complexity index is 758. The maximum Gasteiger partial charge on any atom is 0.413 e. The van der Waals surface area contributed by atoms with Crippen molar-refractivity contribution in [3.8, 4) is 0 Å². The summed E-state index contributed by atoms with van der Waals surface area (Å²) in [7, 11) is 0. The van der Waals surface area contributed by atoms with E-state index in [2.05, 4.69) is 10.3 Å². The van der Waals surface area contributed by atoms with Crippen molar-refractivity contribution in [1.29, 1.82) is 0 Å². The monoisotopic (exact) mass is 359 g/mol. The first-order valence-electron chi connectivity index (χ1n) is 8.29.